The molecule has 0 aromatic heterocycles. The van der Waals surface area contributed by atoms with Crippen LogP contribution in [0, 0.1) is 6.92 Å². The van der Waals surface area contributed by atoms with Gasteiger partial charge in [-0.25, -0.2) is 8.42 Å². The van der Waals surface area contributed by atoms with Gasteiger partial charge in [-0.15, -0.1) is 0 Å². The van der Waals surface area contributed by atoms with E-state index < -0.39 is 9.84 Å². The average molecular weight is 403 g/mol. The molecule has 6 nitrogen and oxygen atoms in total. The van der Waals surface area contributed by atoms with Crippen LogP contribution >= 0.6 is 0 Å². The summed E-state index contributed by atoms with van der Waals surface area (Å²) in [5.41, 5.74) is 1.08. The molecule has 1 aliphatic rings. The number of piperazine rings is 1. The van der Waals surface area contributed by atoms with Crippen LogP contribution in [0.15, 0.2) is 53.4 Å². The van der Waals surface area contributed by atoms with Crippen LogP contribution in [0.1, 0.15) is 15.9 Å². The van der Waals surface area contributed by atoms with E-state index >= 15 is 0 Å². The Hall–Kier alpha value is -2.38. The van der Waals surface area contributed by atoms with Crippen LogP contribution in [0.5, 0.6) is 5.75 Å². The number of hydrogen-bond acceptors (Lipinski definition) is 5. The van der Waals surface area contributed by atoms with Gasteiger partial charge in [0.2, 0.25) is 0 Å². The number of ether oxygens (including phenoxy) is 1. The Morgan fingerprint density at radius 2 is 1.71 bits per heavy atom. The van der Waals surface area contributed by atoms with Crippen molar-refractivity contribution in [2.75, 3.05) is 45.6 Å². The molecule has 1 aliphatic heterocycles. The lowest BCUT2D eigenvalue weighted by Gasteiger charge is -2.34. The fourth-order valence-corrected chi connectivity index (χ4v) is 4.29. The monoisotopic (exact) mass is 402 g/mol. The topological polar surface area (TPSA) is 66.9 Å². The van der Waals surface area contributed by atoms with Gasteiger partial charge in [0.25, 0.3) is 5.91 Å². The van der Waals surface area contributed by atoms with Crippen LogP contribution in [-0.2, 0) is 9.84 Å². The zero-order chi connectivity index (χ0) is 20.1. The molecule has 7 heteroatoms. The summed E-state index contributed by atoms with van der Waals surface area (Å²) < 4.78 is 29.5. The number of nitrogens with zero attached hydrogens (tertiary/aromatic N) is 2. The quantitative estimate of drug-likeness (QED) is 0.741. The lowest BCUT2D eigenvalue weighted by atomic mass is 10.1. The fourth-order valence-electron chi connectivity index (χ4n) is 3.30. The maximum atomic E-state index is 12.8. The molecule has 0 radical (unpaired) electrons. The van der Waals surface area contributed by atoms with Crippen molar-refractivity contribution in [3.63, 3.8) is 0 Å². The third-order valence-corrected chi connectivity index (χ3v) is 6.15. The second kappa shape index (κ2) is 8.75. The predicted octanol–water partition coefficient (Wildman–Crippen LogP) is 2.24. The van der Waals surface area contributed by atoms with Gasteiger partial charge in [0.15, 0.2) is 9.84 Å². The first kappa shape index (κ1) is 20.4. The Labute approximate surface area is 166 Å². The van der Waals surface area contributed by atoms with E-state index in [4.69, 9.17) is 4.74 Å². The minimum atomic E-state index is -3.36. The molecular formula is C21H26N2O4S. The number of aryl methyl sites for hydroxylation is 1. The molecule has 2 aromatic carbocycles. The molecule has 1 amide bonds. The van der Waals surface area contributed by atoms with Crippen molar-refractivity contribution < 1.29 is 17.9 Å². The molecule has 0 bridgehead atoms. The summed E-state index contributed by atoms with van der Waals surface area (Å²) in [6.07, 6.45) is 1.17. The molecule has 0 N–H and O–H groups in total. The third-order valence-electron chi connectivity index (χ3n) is 4.91. The molecule has 3 rings (SSSR count). The molecule has 28 heavy (non-hydrogen) atoms. The average Bonchev–Trinajstić information content (AvgIpc) is 2.68. The maximum absolute atomic E-state index is 12.8. The molecule has 1 saturated heterocycles. The Kier molecular flexibility index (Phi) is 6.36. The number of rotatable bonds is 6. The minimum Gasteiger partial charge on any atom is -0.492 e. The van der Waals surface area contributed by atoms with E-state index in [1.165, 1.54) is 12.3 Å². The standard InChI is InChI=1S/C21H26N2O4S/c1-17-8-9-18(16-20(17)28(2,25)26)21(24)23-12-10-22(11-13-23)14-15-27-19-6-4-3-5-7-19/h3-9,16H,10-15H2,1-2H3. The highest BCUT2D eigenvalue weighted by Gasteiger charge is 2.23. The highest BCUT2D eigenvalue weighted by Crippen LogP contribution is 2.19. The van der Waals surface area contributed by atoms with Gasteiger partial charge in [0.1, 0.15) is 12.4 Å². The molecule has 0 saturated carbocycles. The molecule has 150 valence electrons. The van der Waals surface area contributed by atoms with Crippen LogP contribution in [-0.4, -0.2) is 69.7 Å². The highest BCUT2D eigenvalue weighted by atomic mass is 32.2. The molecule has 2 aromatic rings. The van der Waals surface area contributed by atoms with Crippen molar-refractivity contribution in [1.82, 2.24) is 9.80 Å². The van der Waals surface area contributed by atoms with E-state index in [1.54, 1.807) is 24.0 Å². The van der Waals surface area contributed by atoms with Gasteiger partial charge < -0.3 is 9.64 Å². The number of amides is 1. The zero-order valence-electron chi connectivity index (χ0n) is 16.3. The molecule has 1 heterocycles. The van der Waals surface area contributed by atoms with E-state index in [9.17, 15) is 13.2 Å². The summed E-state index contributed by atoms with van der Waals surface area (Å²) in [6.45, 7) is 5.93. The van der Waals surface area contributed by atoms with Crippen LogP contribution in [0.4, 0.5) is 0 Å². The van der Waals surface area contributed by atoms with Gasteiger partial charge in [0, 0.05) is 44.5 Å². The van der Waals surface area contributed by atoms with Crippen LogP contribution < -0.4 is 4.74 Å². The normalized spacial score (nSPS) is 15.4. The number of benzene rings is 2. The summed E-state index contributed by atoms with van der Waals surface area (Å²) >= 11 is 0. The largest absolute Gasteiger partial charge is 0.492 e. The first-order valence-electron chi connectivity index (χ1n) is 9.35. The van der Waals surface area contributed by atoms with Crippen LogP contribution in [0.2, 0.25) is 0 Å². The van der Waals surface area contributed by atoms with Crippen molar-refractivity contribution in [2.45, 2.75) is 11.8 Å². The summed E-state index contributed by atoms with van der Waals surface area (Å²) in [5.74, 6) is 0.738. The second-order valence-corrected chi connectivity index (χ2v) is 9.03. The first-order chi connectivity index (χ1) is 13.3. The Morgan fingerprint density at radius 3 is 2.36 bits per heavy atom. The second-order valence-electron chi connectivity index (χ2n) is 7.05. The number of carbonyl (C=O) groups is 1. The summed E-state index contributed by atoms with van der Waals surface area (Å²) in [5, 5.41) is 0. The molecule has 1 fully saturated rings. The number of sulfone groups is 1. The van der Waals surface area contributed by atoms with Gasteiger partial charge in [-0.05, 0) is 36.8 Å². The van der Waals surface area contributed by atoms with Crippen molar-refractivity contribution in [2.24, 2.45) is 0 Å². The van der Waals surface area contributed by atoms with Gasteiger partial charge >= 0.3 is 0 Å². The van der Waals surface area contributed by atoms with E-state index in [2.05, 4.69) is 4.90 Å². The first-order valence-corrected chi connectivity index (χ1v) is 11.2. The van der Waals surface area contributed by atoms with E-state index in [0.717, 1.165) is 25.4 Å². The van der Waals surface area contributed by atoms with E-state index in [0.29, 0.717) is 30.8 Å². The van der Waals surface area contributed by atoms with Crippen molar-refractivity contribution in [3.05, 3.63) is 59.7 Å². The summed E-state index contributed by atoms with van der Waals surface area (Å²) in [7, 11) is -3.36. The Bertz CT molecular complexity index is 921. The van der Waals surface area contributed by atoms with E-state index in [-0.39, 0.29) is 10.8 Å². The minimum absolute atomic E-state index is 0.120. The molecule has 0 aliphatic carbocycles. The van der Waals surface area contributed by atoms with Gasteiger partial charge in [-0.3, -0.25) is 9.69 Å². The van der Waals surface area contributed by atoms with Crippen LogP contribution in [0.25, 0.3) is 0 Å². The lowest BCUT2D eigenvalue weighted by Crippen LogP contribution is -2.49. The SMILES string of the molecule is Cc1ccc(C(=O)N2CCN(CCOc3ccccc3)CC2)cc1S(C)(=O)=O. The molecule has 0 spiro atoms. The third kappa shape index (κ3) is 5.11. The molecular weight excluding hydrogens is 376 g/mol. The van der Waals surface area contributed by atoms with Gasteiger partial charge in [-0.2, -0.15) is 0 Å². The lowest BCUT2D eigenvalue weighted by molar-refractivity contribution is 0.0620. The Balaban J connectivity index is 1.53. The number of hydrogen-bond donors (Lipinski definition) is 0. The van der Waals surface area contributed by atoms with E-state index in [1.807, 2.05) is 30.3 Å². The smallest absolute Gasteiger partial charge is 0.253 e. The Morgan fingerprint density at radius 1 is 1.04 bits per heavy atom. The van der Waals surface area contributed by atoms with Crippen molar-refractivity contribution in [1.29, 1.82) is 0 Å². The number of carbonyl (C=O) groups excluding carboxylic acids is 1. The highest BCUT2D eigenvalue weighted by molar-refractivity contribution is 7.90. The maximum Gasteiger partial charge on any atom is 0.253 e. The van der Waals surface area contributed by atoms with Crippen molar-refractivity contribution >= 4 is 15.7 Å². The van der Waals surface area contributed by atoms with Gasteiger partial charge in [-0.1, -0.05) is 24.3 Å². The number of para-hydroxylation sites is 1. The fraction of sp³-hybridized carbons (Fsp3) is 0.381. The summed E-state index contributed by atoms with van der Waals surface area (Å²) in [4.78, 5) is 17.1. The van der Waals surface area contributed by atoms with Gasteiger partial charge in [0.05, 0.1) is 4.90 Å². The molecule has 0 atom stereocenters. The zero-order valence-corrected chi connectivity index (χ0v) is 17.1. The predicted molar refractivity (Wildman–Crippen MR) is 109 cm³/mol. The van der Waals surface area contributed by atoms with Crippen molar-refractivity contribution in [3.8, 4) is 5.75 Å². The van der Waals surface area contributed by atoms with Crippen LogP contribution in [0.3, 0.4) is 0 Å². The summed E-state index contributed by atoms with van der Waals surface area (Å²) in [6, 6.07) is 14.6. The molecule has 0 unspecified atom stereocenters.